The molecule has 0 aliphatic rings. The van der Waals surface area contributed by atoms with E-state index >= 15 is 0 Å². The number of rotatable bonds is 2. The van der Waals surface area contributed by atoms with Gasteiger partial charge in [-0.05, 0) is 6.07 Å². The lowest BCUT2D eigenvalue weighted by Gasteiger charge is -1.99. The molecule has 0 bridgehead atoms. The molecule has 0 spiro atoms. The van der Waals surface area contributed by atoms with Gasteiger partial charge in [-0.3, -0.25) is 4.98 Å². The highest BCUT2D eigenvalue weighted by Crippen LogP contribution is 2.07. The third kappa shape index (κ3) is 2.34. The maximum atomic E-state index is 12.8. The van der Waals surface area contributed by atoms with Gasteiger partial charge in [-0.1, -0.05) is 0 Å². The van der Waals surface area contributed by atoms with Crippen molar-refractivity contribution >= 4 is 18.4 Å². The molecule has 0 aromatic carbocycles. The summed E-state index contributed by atoms with van der Waals surface area (Å²) in [6.07, 6.45) is 3.88. The molecule has 0 unspecified atom stereocenters. The van der Waals surface area contributed by atoms with Gasteiger partial charge in [0.05, 0.1) is 18.1 Å². The molecule has 7 heteroatoms. The average Bonchev–Trinajstić information content (AvgIpc) is 2.66. The van der Waals surface area contributed by atoms with Crippen molar-refractivity contribution in [1.82, 2.24) is 14.8 Å². The number of carboxylic acids is 1. The molecule has 0 radical (unpaired) electrons. The van der Waals surface area contributed by atoms with Crippen LogP contribution in [0.1, 0.15) is 10.5 Å². The summed E-state index contributed by atoms with van der Waals surface area (Å²) in [5.74, 6) is -1.63. The minimum Gasteiger partial charge on any atom is -0.476 e. The molecule has 2 heterocycles. The van der Waals surface area contributed by atoms with E-state index in [1.165, 1.54) is 29.2 Å². The van der Waals surface area contributed by atoms with Gasteiger partial charge in [0.2, 0.25) is 0 Å². The predicted molar refractivity (Wildman–Crippen MR) is 55.5 cm³/mol. The lowest BCUT2D eigenvalue weighted by molar-refractivity contribution is 0.0690. The second-order valence-corrected chi connectivity index (χ2v) is 2.81. The van der Waals surface area contributed by atoms with Crippen LogP contribution in [-0.2, 0) is 0 Å². The Morgan fingerprint density at radius 3 is 2.75 bits per heavy atom. The minimum absolute atomic E-state index is 0. The van der Waals surface area contributed by atoms with Crippen LogP contribution in [-0.4, -0.2) is 25.8 Å². The van der Waals surface area contributed by atoms with Crippen LogP contribution in [0.5, 0.6) is 0 Å². The summed E-state index contributed by atoms with van der Waals surface area (Å²) >= 11 is 0. The van der Waals surface area contributed by atoms with E-state index in [9.17, 15) is 9.18 Å². The van der Waals surface area contributed by atoms with Crippen molar-refractivity contribution in [2.45, 2.75) is 0 Å². The SMILES string of the molecule is Cl.O=C(O)c1ccn(-c2cncc(F)c2)n1. The van der Waals surface area contributed by atoms with Crippen molar-refractivity contribution in [1.29, 1.82) is 0 Å². The third-order valence-electron chi connectivity index (χ3n) is 1.76. The molecule has 0 aliphatic carbocycles. The highest BCUT2D eigenvalue weighted by atomic mass is 35.5. The summed E-state index contributed by atoms with van der Waals surface area (Å²) in [6, 6.07) is 2.54. The van der Waals surface area contributed by atoms with Crippen LogP contribution in [0.25, 0.3) is 5.69 Å². The Labute approximate surface area is 96.0 Å². The number of carboxylic acid groups (broad SMARTS) is 1. The fourth-order valence-electron chi connectivity index (χ4n) is 1.11. The molecule has 2 rings (SSSR count). The first-order valence-corrected chi connectivity index (χ1v) is 4.07. The van der Waals surface area contributed by atoms with Gasteiger partial charge >= 0.3 is 5.97 Å². The van der Waals surface area contributed by atoms with E-state index in [4.69, 9.17) is 5.11 Å². The minimum atomic E-state index is -1.13. The number of hydrogen-bond acceptors (Lipinski definition) is 3. The van der Waals surface area contributed by atoms with Gasteiger partial charge in [0.25, 0.3) is 0 Å². The second kappa shape index (κ2) is 4.71. The number of pyridine rings is 1. The number of carbonyl (C=O) groups is 1. The highest BCUT2D eigenvalue weighted by Gasteiger charge is 2.07. The molecule has 16 heavy (non-hydrogen) atoms. The van der Waals surface area contributed by atoms with Gasteiger partial charge in [-0.15, -0.1) is 12.4 Å². The first-order chi connectivity index (χ1) is 7.16. The number of nitrogens with zero attached hydrogens (tertiary/aromatic N) is 3. The molecule has 2 aromatic rings. The van der Waals surface area contributed by atoms with E-state index in [1.807, 2.05) is 0 Å². The summed E-state index contributed by atoms with van der Waals surface area (Å²) in [7, 11) is 0. The molecule has 84 valence electrons. The summed E-state index contributed by atoms with van der Waals surface area (Å²) in [5, 5.41) is 12.4. The largest absolute Gasteiger partial charge is 0.476 e. The normalized spacial score (nSPS) is 9.56. The monoisotopic (exact) mass is 243 g/mol. The molecular formula is C9H7ClFN3O2. The van der Waals surface area contributed by atoms with Crippen LogP contribution >= 0.6 is 12.4 Å². The lowest BCUT2D eigenvalue weighted by Crippen LogP contribution is -2.01. The van der Waals surface area contributed by atoms with Crippen LogP contribution in [0.2, 0.25) is 0 Å². The van der Waals surface area contributed by atoms with E-state index in [0.717, 1.165) is 6.20 Å². The van der Waals surface area contributed by atoms with Crippen molar-refractivity contribution in [2.75, 3.05) is 0 Å². The first kappa shape index (κ1) is 12.1. The number of aromatic carboxylic acids is 1. The smallest absolute Gasteiger partial charge is 0.356 e. The summed E-state index contributed by atoms with van der Waals surface area (Å²) in [5.41, 5.74) is 0.279. The van der Waals surface area contributed by atoms with E-state index in [1.54, 1.807) is 0 Å². The van der Waals surface area contributed by atoms with Crippen molar-refractivity contribution in [3.05, 3.63) is 42.2 Å². The van der Waals surface area contributed by atoms with E-state index in [0.29, 0.717) is 5.69 Å². The Hall–Kier alpha value is -1.95. The Morgan fingerprint density at radius 2 is 2.19 bits per heavy atom. The Bertz CT molecular complexity index is 515. The average molecular weight is 244 g/mol. The topological polar surface area (TPSA) is 68.0 Å². The van der Waals surface area contributed by atoms with Crippen molar-refractivity contribution in [3.63, 3.8) is 0 Å². The van der Waals surface area contributed by atoms with E-state index < -0.39 is 11.8 Å². The second-order valence-electron chi connectivity index (χ2n) is 2.81. The molecule has 0 amide bonds. The van der Waals surface area contributed by atoms with Gasteiger partial charge in [-0.25, -0.2) is 13.9 Å². The van der Waals surface area contributed by atoms with Crippen LogP contribution in [0, 0.1) is 5.82 Å². The molecule has 5 nitrogen and oxygen atoms in total. The molecule has 2 aromatic heterocycles. The molecular weight excluding hydrogens is 237 g/mol. The Kier molecular flexibility index (Phi) is 3.57. The van der Waals surface area contributed by atoms with Gasteiger partial charge in [-0.2, -0.15) is 5.10 Å². The Balaban J connectivity index is 0.00000128. The van der Waals surface area contributed by atoms with Gasteiger partial charge in [0.15, 0.2) is 5.69 Å². The fraction of sp³-hybridized carbons (Fsp3) is 0. The molecule has 0 saturated carbocycles. The lowest BCUT2D eigenvalue weighted by atomic mass is 10.4. The zero-order valence-corrected chi connectivity index (χ0v) is 8.69. The summed E-state index contributed by atoms with van der Waals surface area (Å²) < 4.78 is 14.0. The molecule has 0 atom stereocenters. The maximum Gasteiger partial charge on any atom is 0.356 e. The third-order valence-corrected chi connectivity index (χ3v) is 1.76. The van der Waals surface area contributed by atoms with E-state index in [-0.39, 0.29) is 18.1 Å². The Morgan fingerprint density at radius 1 is 1.44 bits per heavy atom. The summed E-state index contributed by atoms with van der Waals surface area (Å²) in [6.45, 7) is 0. The van der Waals surface area contributed by atoms with Gasteiger partial charge in [0, 0.05) is 12.3 Å². The first-order valence-electron chi connectivity index (χ1n) is 4.07. The maximum absolute atomic E-state index is 12.8. The fourth-order valence-corrected chi connectivity index (χ4v) is 1.11. The van der Waals surface area contributed by atoms with Crippen LogP contribution in [0.3, 0.4) is 0 Å². The van der Waals surface area contributed by atoms with E-state index in [2.05, 4.69) is 10.1 Å². The molecule has 1 N–H and O–H groups in total. The number of aromatic nitrogens is 3. The number of hydrogen-bond donors (Lipinski definition) is 1. The van der Waals surface area contributed by atoms with Crippen molar-refractivity contribution in [3.8, 4) is 5.69 Å². The molecule has 0 saturated heterocycles. The van der Waals surface area contributed by atoms with Crippen molar-refractivity contribution < 1.29 is 14.3 Å². The predicted octanol–water partition coefficient (Wildman–Crippen LogP) is 1.53. The zero-order valence-electron chi connectivity index (χ0n) is 7.87. The zero-order chi connectivity index (χ0) is 10.8. The number of halogens is 2. The standard InChI is InChI=1S/C9H6FN3O2.ClH/c10-6-3-7(5-11-4-6)13-2-1-8(12-13)9(14)15;/h1-5H,(H,14,15);1H. The van der Waals surface area contributed by atoms with Gasteiger partial charge < -0.3 is 5.11 Å². The van der Waals surface area contributed by atoms with Crippen LogP contribution in [0.15, 0.2) is 30.7 Å². The summed E-state index contributed by atoms with van der Waals surface area (Å²) in [4.78, 5) is 14.2. The highest BCUT2D eigenvalue weighted by molar-refractivity contribution is 5.85. The van der Waals surface area contributed by atoms with Crippen LogP contribution in [0.4, 0.5) is 4.39 Å². The molecule has 0 aliphatic heterocycles. The van der Waals surface area contributed by atoms with Crippen LogP contribution < -0.4 is 0 Å². The van der Waals surface area contributed by atoms with Crippen molar-refractivity contribution in [2.24, 2.45) is 0 Å². The molecule has 0 fully saturated rings. The quantitative estimate of drug-likeness (QED) is 0.869. The van der Waals surface area contributed by atoms with Gasteiger partial charge in [0.1, 0.15) is 5.82 Å².